The first-order valence-electron chi connectivity index (χ1n) is 8.90. The van der Waals surface area contributed by atoms with Crippen molar-refractivity contribution in [3.05, 3.63) is 65.1 Å². The van der Waals surface area contributed by atoms with Gasteiger partial charge in [0.05, 0.1) is 12.8 Å². The molecule has 9 nitrogen and oxygen atoms in total. The molecule has 0 fully saturated rings. The average Bonchev–Trinajstić information content (AvgIpc) is 3.23. The van der Waals surface area contributed by atoms with E-state index in [1.54, 1.807) is 42.5 Å². The number of carbonyl (C=O) groups is 2. The van der Waals surface area contributed by atoms with E-state index in [1.165, 1.54) is 23.9 Å². The lowest BCUT2D eigenvalue weighted by molar-refractivity contribution is -0.123. The molecule has 0 spiro atoms. The van der Waals surface area contributed by atoms with Crippen molar-refractivity contribution >= 4 is 17.5 Å². The van der Waals surface area contributed by atoms with Crippen LogP contribution in [0.15, 0.2) is 64.0 Å². The Morgan fingerprint density at radius 2 is 1.93 bits per heavy atom. The molecular formula is C20H20N4O5. The number of benzene rings is 1. The summed E-state index contributed by atoms with van der Waals surface area (Å²) in [6, 6.07) is 13.1. The molecule has 0 aliphatic heterocycles. The molecule has 0 bridgehead atoms. The number of nitrogens with zero attached hydrogens (tertiary/aromatic N) is 2. The lowest BCUT2D eigenvalue weighted by atomic mass is 10.3. The topological polar surface area (TPSA) is 115 Å². The summed E-state index contributed by atoms with van der Waals surface area (Å²) in [5, 5.41) is 9.55. The van der Waals surface area contributed by atoms with Crippen LogP contribution < -0.4 is 20.9 Å². The molecule has 2 aromatic heterocycles. The van der Waals surface area contributed by atoms with Gasteiger partial charge in [0, 0.05) is 25.2 Å². The van der Waals surface area contributed by atoms with Gasteiger partial charge in [-0.25, -0.2) is 4.68 Å². The Kier molecular flexibility index (Phi) is 6.41. The largest absolute Gasteiger partial charge is 0.484 e. The van der Waals surface area contributed by atoms with Crippen LogP contribution in [-0.4, -0.2) is 34.7 Å². The summed E-state index contributed by atoms with van der Waals surface area (Å²) < 4.78 is 11.9. The van der Waals surface area contributed by atoms with Crippen molar-refractivity contribution in [2.24, 2.45) is 0 Å². The summed E-state index contributed by atoms with van der Waals surface area (Å²) in [5.41, 5.74) is 0.904. The van der Waals surface area contributed by atoms with Gasteiger partial charge in [0.15, 0.2) is 12.4 Å². The Hall–Kier alpha value is -3.88. The molecule has 1 aromatic carbocycles. The first-order valence-corrected chi connectivity index (χ1v) is 8.90. The molecule has 2 N–H and O–H groups in total. The van der Waals surface area contributed by atoms with Crippen molar-refractivity contribution in [3.8, 4) is 17.2 Å². The Labute approximate surface area is 166 Å². The van der Waals surface area contributed by atoms with Crippen LogP contribution in [0.3, 0.4) is 0 Å². The number of furan rings is 1. The summed E-state index contributed by atoms with van der Waals surface area (Å²) in [6.45, 7) is 1.68. The smallest absolute Gasteiger partial charge is 0.266 e. The molecule has 0 atom stereocenters. The molecule has 0 aliphatic rings. The number of rotatable bonds is 8. The number of anilines is 1. The third-order valence-corrected chi connectivity index (χ3v) is 3.83. The second-order valence-electron chi connectivity index (χ2n) is 6.10. The molecule has 0 saturated heterocycles. The summed E-state index contributed by atoms with van der Waals surface area (Å²) in [7, 11) is 0. The van der Waals surface area contributed by atoms with Gasteiger partial charge in [0.2, 0.25) is 5.91 Å². The van der Waals surface area contributed by atoms with Crippen LogP contribution in [0.25, 0.3) is 11.5 Å². The highest BCUT2D eigenvalue weighted by Crippen LogP contribution is 2.16. The fraction of sp³-hybridized carbons (Fsp3) is 0.200. The third kappa shape index (κ3) is 5.80. The van der Waals surface area contributed by atoms with Gasteiger partial charge in [-0.3, -0.25) is 14.4 Å². The standard InChI is InChI=1S/C20H20N4O5/c1-14(25)22-15-4-6-16(7-5-15)29-13-19(26)21-10-11-24-20(27)9-8-17(23-24)18-3-2-12-28-18/h2-9,12H,10-11,13H2,1H3,(H,21,26)(H,22,25). The van der Waals surface area contributed by atoms with Crippen molar-refractivity contribution in [2.75, 3.05) is 18.5 Å². The predicted molar refractivity (Wildman–Crippen MR) is 105 cm³/mol. The van der Waals surface area contributed by atoms with E-state index in [0.717, 1.165) is 0 Å². The van der Waals surface area contributed by atoms with Crippen molar-refractivity contribution in [1.82, 2.24) is 15.1 Å². The zero-order valence-corrected chi connectivity index (χ0v) is 15.8. The summed E-state index contributed by atoms with van der Waals surface area (Å²) in [4.78, 5) is 34.9. The minimum absolute atomic E-state index is 0.165. The van der Waals surface area contributed by atoms with E-state index in [1.807, 2.05) is 0 Å². The van der Waals surface area contributed by atoms with Crippen LogP contribution in [0.2, 0.25) is 0 Å². The van der Waals surface area contributed by atoms with Gasteiger partial charge in [-0.05, 0) is 42.5 Å². The van der Waals surface area contributed by atoms with Gasteiger partial charge in [0.25, 0.3) is 11.5 Å². The van der Waals surface area contributed by atoms with Crippen LogP contribution in [0, 0.1) is 0 Å². The lowest BCUT2D eigenvalue weighted by Crippen LogP contribution is -2.34. The monoisotopic (exact) mass is 396 g/mol. The van der Waals surface area contributed by atoms with E-state index in [0.29, 0.717) is 22.9 Å². The highest BCUT2D eigenvalue weighted by atomic mass is 16.5. The number of amides is 2. The molecule has 2 amide bonds. The van der Waals surface area contributed by atoms with Crippen molar-refractivity contribution in [3.63, 3.8) is 0 Å². The number of nitrogens with one attached hydrogen (secondary N) is 2. The van der Waals surface area contributed by atoms with Crippen molar-refractivity contribution < 1.29 is 18.7 Å². The molecule has 9 heteroatoms. The van der Waals surface area contributed by atoms with Gasteiger partial charge >= 0.3 is 0 Å². The van der Waals surface area contributed by atoms with E-state index in [2.05, 4.69) is 15.7 Å². The van der Waals surface area contributed by atoms with E-state index in [4.69, 9.17) is 9.15 Å². The molecule has 2 heterocycles. The number of ether oxygens (including phenoxy) is 1. The fourth-order valence-electron chi connectivity index (χ4n) is 2.50. The SMILES string of the molecule is CC(=O)Nc1ccc(OCC(=O)NCCn2nc(-c3ccco3)ccc2=O)cc1. The number of aromatic nitrogens is 2. The molecule has 3 aromatic rings. The van der Waals surface area contributed by atoms with Crippen LogP contribution in [-0.2, 0) is 16.1 Å². The Bertz CT molecular complexity index is 1030. The molecule has 29 heavy (non-hydrogen) atoms. The maximum absolute atomic E-state index is 11.9. The van der Waals surface area contributed by atoms with Gasteiger partial charge in [-0.1, -0.05) is 0 Å². The second kappa shape index (κ2) is 9.36. The van der Waals surface area contributed by atoms with E-state index in [9.17, 15) is 14.4 Å². The van der Waals surface area contributed by atoms with Gasteiger partial charge in [0.1, 0.15) is 11.4 Å². The summed E-state index contributed by atoms with van der Waals surface area (Å²) in [5.74, 6) is 0.562. The van der Waals surface area contributed by atoms with Gasteiger partial charge in [-0.15, -0.1) is 0 Å². The minimum Gasteiger partial charge on any atom is -0.484 e. The van der Waals surface area contributed by atoms with E-state index < -0.39 is 0 Å². The van der Waals surface area contributed by atoms with E-state index in [-0.39, 0.29) is 37.1 Å². The molecule has 0 unspecified atom stereocenters. The Morgan fingerprint density at radius 3 is 2.62 bits per heavy atom. The highest BCUT2D eigenvalue weighted by molar-refractivity contribution is 5.88. The second-order valence-corrected chi connectivity index (χ2v) is 6.10. The van der Waals surface area contributed by atoms with Crippen molar-refractivity contribution in [1.29, 1.82) is 0 Å². The lowest BCUT2D eigenvalue weighted by Gasteiger charge is -2.09. The van der Waals surface area contributed by atoms with Gasteiger partial charge in [-0.2, -0.15) is 5.10 Å². The Balaban J connectivity index is 1.46. The fourth-order valence-corrected chi connectivity index (χ4v) is 2.50. The zero-order valence-electron chi connectivity index (χ0n) is 15.8. The third-order valence-electron chi connectivity index (χ3n) is 3.83. The molecular weight excluding hydrogens is 376 g/mol. The number of hydrogen-bond acceptors (Lipinski definition) is 6. The summed E-state index contributed by atoms with van der Waals surface area (Å²) in [6.07, 6.45) is 1.53. The van der Waals surface area contributed by atoms with Crippen LogP contribution in [0.1, 0.15) is 6.92 Å². The molecule has 0 aliphatic carbocycles. The van der Waals surface area contributed by atoms with Crippen LogP contribution >= 0.6 is 0 Å². The van der Waals surface area contributed by atoms with Crippen LogP contribution in [0.5, 0.6) is 5.75 Å². The number of hydrogen-bond donors (Lipinski definition) is 2. The minimum atomic E-state index is -0.328. The molecule has 150 valence electrons. The van der Waals surface area contributed by atoms with E-state index >= 15 is 0 Å². The van der Waals surface area contributed by atoms with Crippen LogP contribution in [0.4, 0.5) is 5.69 Å². The predicted octanol–water partition coefficient (Wildman–Crippen LogP) is 1.66. The average molecular weight is 396 g/mol. The summed E-state index contributed by atoms with van der Waals surface area (Å²) >= 11 is 0. The highest BCUT2D eigenvalue weighted by Gasteiger charge is 2.07. The number of carbonyl (C=O) groups excluding carboxylic acids is 2. The first-order chi connectivity index (χ1) is 14.0. The quantitative estimate of drug-likeness (QED) is 0.598. The van der Waals surface area contributed by atoms with Gasteiger partial charge < -0.3 is 19.8 Å². The normalized spacial score (nSPS) is 10.4. The first kappa shape index (κ1) is 19.9. The molecule has 0 saturated carbocycles. The molecule has 0 radical (unpaired) electrons. The maximum Gasteiger partial charge on any atom is 0.266 e. The Morgan fingerprint density at radius 1 is 1.14 bits per heavy atom. The maximum atomic E-state index is 11.9. The van der Waals surface area contributed by atoms with Crippen molar-refractivity contribution in [2.45, 2.75) is 13.5 Å². The zero-order chi connectivity index (χ0) is 20.6. The molecule has 3 rings (SSSR count).